The molecule has 0 bridgehead atoms. The molecule has 21 heavy (non-hydrogen) atoms. The van der Waals surface area contributed by atoms with Crippen LogP contribution in [0.4, 0.5) is 0 Å². The Morgan fingerprint density at radius 3 is 2.52 bits per heavy atom. The summed E-state index contributed by atoms with van der Waals surface area (Å²) >= 11 is 1.87. The van der Waals surface area contributed by atoms with Crippen LogP contribution < -0.4 is 0 Å². The van der Waals surface area contributed by atoms with Gasteiger partial charge in [0, 0.05) is 16.0 Å². The fraction of sp³-hybridized carbons (Fsp3) is 0.938. The van der Waals surface area contributed by atoms with Crippen molar-refractivity contribution in [1.82, 2.24) is 0 Å². The van der Waals surface area contributed by atoms with Crippen LogP contribution in [-0.4, -0.2) is 30.4 Å². The van der Waals surface area contributed by atoms with Gasteiger partial charge < -0.3 is 5.11 Å². The summed E-state index contributed by atoms with van der Waals surface area (Å²) in [5.74, 6) is 1.18. The minimum Gasteiger partial charge on any atom is -0.481 e. The molecule has 0 amide bonds. The first-order valence-electron chi connectivity index (χ1n) is 8.07. The summed E-state index contributed by atoms with van der Waals surface area (Å²) < 4.78 is 13.1. The SMILES string of the molecule is CC(C)[C@@H]1CC[C@@H](C)CC12SCC[C@H]([C@@H](C)C(=O)O)S2=O. The molecule has 6 atom stereocenters. The third-order valence-electron chi connectivity index (χ3n) is 5.28. The number of carboxylic acids is 1. The molecule has 2 unspecified atom stereocenters. The number of carboxylic acid groups (broad SMARTS) is 1. The Kier molecular flexibility index (Phi) is 5.45. The highest BCUT2D eigenvalue weighted by Crippen LogP contribution is 2.55. The van der Waals surface area contributed by atoms with Crippen molar-refractivity contribution in [2.24, 2.45) is 23.7 Å². The standard InChI is InChI=1S/C16H28O3S2/c1-10(2)13-6-5-11(3)9-16(13)20-8-7-14(21(16)19)12(4)15(17)18/h10-14H,5-9H2,1-4H3,(H,17,18)/t11-,12-,13+,14-,16?,21?/m1/s1. The molecule has 5 heteroatoms. The largest absolute Gasteiger partial charge is 0.481 e. The highest BCUT2D eigenvalue weighted by molar-refractivity contribution is 8.13. The van der Waals surface area contributed by atoms with E-state index in [4.69, 9.17) is 0 Å². The van der Waals surface area contributed by atoms with Gasteiger partial charge in [-0.15, -0.1) is 11.8 Å². The van der Waals surface area contributed by atoms with E-state index in [1.807, 2.05) is 11.8 Å². The Morgan fingerprint density at radius 2 is 1.95 bits per heavy atom. The van der Waals surface area contributed by atoms with Crippen molar-refractivity contribution in [3.63, 3.8) is 0 Å². The maximum absolute atomic E-state index is 13.3. The van der Waals surface area contributed by atoms with Gasteiger partial charge in [0.1, 0.15) is 0 Å². The lowest BCUT2D eigenvalue weighted by molar-refractivity contribution is -0.141. The number of thioether (sulfide) groups is 1. The molecule has 1 aliphatic carbocycles. The van der Waals surface area contributed by atoms with Crippen LogP contribution in [0.2, 0.25) is 0 Å². The molecule has 0 radical (unpaired) electrons. The van der Waals surface area contributed by atoms with Crippen LogP contribution in [0, 0.1) is 23.7 Å². The number of rotatable bonds is 3. The van der Waals surface area contributed by atoms with Gasteiger partial charge in [-0.3, -0.25) is 9.00 Å². The molecule has 1 saturated carbocycles. The second-order valence-electron chi connectivity index (χ2n) is 7.15. The van der Waals surface area contributed by atoms with E-state index < -0.39 is 22.7 Å². The van der Waals surface area contributed by atoms with Crippen molar-refractivity contribution in [2.75, 3.05) is 5.75 Å². The lowest BCUT2D eigenvalue weighted by Gasteiger charge is -2.51. The summed E-state index contributed by atoms with van der Waals surface area (Å²) in [7, 11) is -1.06. The van der Waals surface area contributed by atoms with E-state index in [0.29, 0.717) is 17.8 Å². The van der Waals surface area contributed by atoms with Crippen molar-refractivity contribution in [3.05, 3.63) is 0 Å². The maximum Gasteiger partial charge on any atom is 0.307 e. The number of carbonyl (C=O) groups is 1. The zero-order valence-corrected chi connectivity index (χ0v) is 15.1. The van der Waals surface area contributed by atoms with Gasteiger partial charge in [0.15, 0.2) is 0 Å². The average molecular weight is 333 g/mol. The highest BCUT2D eigenvalue weighted by atomic mass is 32.2. The van der Waals surface area contributed by atoms with Gasteiger partial charge >= 0.3 is 5.97 Å². The van der Waals surface area contributed by atoms with E-state index in [-0.39, 0.29) is 9.33 Å². The van der Waals surface area contributed by atoms with Crippen molar-refractivity contribution in [3.8, 4) is 0 Å². The number of aliphatic carboxylic acids is 1. The van der Waals surface area contributed by atoms with Crippen molar-refractivity contribution < 1.29 is 14.1 Å². The summed E-state index contributed by atoms with van der Waals surface area (Å²) in [5.41, 5.74) is 0. The van der Waals surface area contributed by atoms with Crippen molar-refractivity contribution in [1.29, 1.82) is 0 Å². The third kappa shape index (κ3) is 3.19. The predicted octanol–water partition coefficient (Wildman–Crippen LogP) is 3.75. The molecular weight excluding hydrogens is 304 g/mol. The second kappa shape index (κ2) is 6.61. The molecule has 1 heterocycles. The van der Waals surface area contributed by atoms with Gasteiger partial charge in [-0.25, -0.2) is 0 Å². The van der Waals surface area contributed by atoms with Crippen molar-refractivity contribution in [2.45, 2.75) is 62.7 Å². The molecular formula is C16H28O3S2. The Morgan fingerprint density at radius 1 is 1.29 bits per heavy atom. The van der Waals surface area contributed by atoms with Gasteiger partial charge in [0.05, 0.1) is 10.00 Å². The van der Waals surface area contributed by atoms with Crippen LogP contribution in [0.5, 0.6) is 0 Å². The molecule has 0 aromatic heterocycles. The van der Waals surface area contributed by atoms with Crippen molar-refractivity contribution >= 4 is 28.5 Å². The predicted molar refractivity (Wildman–Crippen MR) is 89.9 cm³/mol. The molecule has 0 aromatic rings. The second-order valence-corrected chi connectivity index (χ2v) is 10.8. The highest BCUT2D eigenvalue weighted by Gasteiger charge is 2.54. The fourth-order valence-corrected chi connectivity index (χ4v) is 9.45. The van der Waals surface area contributed by atoms with E-state index in [9.17, 15) is 14.1 Å². The van der Waals surface area contributed by atoms with E-state index >= 15 is 0 Å². The first kappa shape index (κ1) is 17.3. The molecule has 2 fully saturated rings. The zero-order chi connectivity index (χ0) is 15.8. The minimum atomic E-state index is -1.06. The lowest BCUT2D eigenvalue weighted by Crippen LogP contribution is -2.53. The average Bonchev–Trinajstić information content (AvgIpc) is 2.40. The molecule has 2 rings (SSSR count). The van der Waals surface area contributed by atoms with E-state index in [1.165, 1.54) is 6.42 Å². The maximum atomic E-state index is 13.3. The van der Waals surface area contributed by atoms with Gasteiger partial charge in [-0.1, -0.05) is 34.1 Å². The first-order chi connectivity index (χ1) is 9.79. The van der Waals surface area contributed by atoms with Crippen LogP contribution in [-0.2, 0) is 15.6 Å². The molecule has 3 nitrogen and oxygen atoms in total. The summed E-state index contributed by atoms with van der Waals surface area (Å²) in [5, 5.41) is 9.14. The zero-order valence-electron chi connectivity index (χ0n) is 13.5. The Bertz CT molecular complexity index is 424. The normalized spacial score (nSPS) is 42.1. The molecule has 2 aliphatic rings. The van der Waals surface area contributed by atoms with Gasteiger partial charge in [0.2, 0.25) is 0 Å². The lowest BCUT2D eigenvalue weighted by atomic mass is 9.76. The van der Waals surface area contributed by atoms with Crippen LogP contribution in [0.25, 0.3) is 0 Å². The van der Waals surface area contributed by atoms with E-state index in [0.717, 1.165) is 25.0 Å². The summed E-state index contributed by atoms with van der Waals surface area (Å²) in [6, 6.07) is 0. The molecule has 0 aromatic carbocycles. The fourth-order valence-electron chi connectivity index (χ4n) is 4.03. The summed E-state index contributed by atoms with van der Waals surface area (Å²) in [4.78, 5) is 11.4. The van der Waals surface area contributed by atoms with Gasteiger partial charge in [-0.05, 0) is 42.8 Å². The first-order valence-corrected chi connectivity index (χ1v) is 10.3. The minimum absolute atomic E-state index is 0.185. The smallest absolute Gasteiger partial charge is 0.307 e. The topological polar surface area (TPSA) is 54.4 Å². The van der Waals surface area contributed by atoms with E-state index in [1.54, 1.807) is 6.92 Å². The van der Waals surface area contributed by atoms with Crippen LogP contribution >= 0.6 is 11.8 Å². The monoisotopic (exact) mass is 332 g/mol. The molecule has 1 spiro atoms. The summed E-state index contributed by atoms with van der Waals surface area (Å²) in [6.45, 7) is 8.43. The molecule has 122 valence electrons. The van der Waals surface area contributed by atoms with Gasteiger partial charge in [-0.2, -0.15) is 0 Å². The number of hydrogen-bond donors (Lipinski definition) is 1. The van der Waals surface area contributed by atoms with Crippen LogP contribution in [0.15, 0.2) is 0 Å². The Balaban J connectivity index is 2.33. The molecule has 1 N–H and O–H groups in total. The Labute approximate surface area is 135 Å². The van der Waals surface area contributed by atoms with Gasteiger partial charge in [0.25, 0.3) is 0 Å². The third-order valence-corrected chi connectivity index (χ3v) is 9.87. The number of hydrogen-bond acceptors (Lipinski definition) is 3. The van der Waals surface area contributed by atoms with E-state index in [2.05, 4.69) is 20.8 Å². The van der Waals surface area contributed by atoms with Crippen LogP contribution in [0.3, 0.4) is 0 Å². The van der Waals surface area contributed by atoms with Crippen LogP contribution in [0.1, 0.15) is 53.4 Å². The quantitative estimate of drug-likeness (QED) is 0.855. The molecule has 1 saturated heterocycles. The summed E-state index contributed by atoms with van der Waals surface area (Å²) in [6.07, 6.45) is 4.09. The molecule has 1 aliphatic heterocycles. The Hall–Kier alpha value is -0.0300.